The fraction of sp³-hybridized carbons (Fsp3) is 0.917. The fourth-order valence-electron chi connectivity index (χ4n) is 2.52. The molecular weight excluding hydrogens is 229 g/mol. The maximum Gasteiger partial charge on any atom is 0.401 e. The Bertz CT molecular complexity index is 285. The number of hydrogen-bond donors (Lipinski definition) is 0. The molecule has 1 fully saturated rings. The minimum Gasteiger partial charge on any atom is -0.295 e. The molecule has 0 atom stereocenters. The van der Waals surface area contributed by atoms with Crippen molar-refractivity contribution in [3.8, 4) is 6.07 Å². The van der Waals surface area contributed by atoms with Crippen molar-refractivity contribution in [3.63, 3.8) is 0 Å². The van der Waals surface area contributed by atoms with Crippen LogP contribution in [0.4, 0.5) is 13.2 Å². The molecule has 0 aromatic rings. The van der Waals surface area contributed by atoms with E-state index in [1.807, 2.05) is 0 Å². The lowest BCUT2D eigenvalue weighted by Crippen LogP contribution is -2.42. The Labute approximate surface area is 100 Å². The molecule has 1 aliphatic rings. The zero-order valence-electron chi connectivity index (χ0n) is 10.3. The Morgan fingerprint density at radius 3 is 2.29 bits per heavy atom. The Morgan fingerprint density at radius 2 is 1.88 bits per heavy atom. The number of hydrogen-bond acceptors (Lipinski definition) is 2. The zero-order chi connectivity index (χ0) is 13.1. The van der Waals surface area contributed by atoms with Crippen molar-refractivity contribution in [2.75, 3.05) is 13.6 Å². The van der Waals surface area contributed by atoms with Crippen LogP contribution in [-0.2, 0) is 0 Å². The highest BCUT2D eigenvalue weighted by Gasteiger charge is 2.36. The van der Waals surface area contributed by atoms with Gasteiger partial charge >= 0.3 is 6.18 Å². The van der Waals surface area contributed by atoms with Gasteiger partial charge in [-0.15, -0.1) is 0 Å². The third-order valence-corrected chi connectivity index (χ3v) is 3.72. The third kappa shape index (κ3) is 4.55. The summed E-state index contributed by atoms with van der Waals surface area (Å²) >= 11 is 0. The van der Waals surface area contributed by atoms with Crippen LogP contribution < -0.4 is 0 Å². The number of halogens is 3. The van der Waals surface area contributed by atoms with Crippen LogP contribution >= 0.6 is 0 Å². The van der Waals surface area contributed by atoms with Crippen molar-refractivity contribution in [2.45, 2.75) is 51.2 Å². The van der Waals surface area contributed by atoms with Gasteiger partial charge in [0, 0.05) is 12.5 Å². The van der Waals surface area contributed by atoms with Crippen LogP contribution in [0.2, 0.25) is 0 Å². The molecule has 0 aromatic heterocycles. The normalized spacial score (nSPS) is 30.3. The van der Waals surface area contributed by atoms with Gasteiger partial charge in [0.1, 0.15) is 0 Å². The first-order chi connectivity index (χ1) is 7.76. The standard InChI is InChI=1S/C12H19F3N2/c1-11(7-8-16)5-3-10(4-6-11)17(2)9-12(13,14)15/h10H,3-7,9H2,1-2H3/t10-,11-. The van der Waals surface area contributed by atoms with Gasteiger partial charge in [0.15, 0.2) is 0 Å². The van der Waals surface area contributed by atoms with E-state index in [1.54, 1.807) is 0 Å². The zero-order valence-corrected chi connectivity index (χ0v) is 10.3. The van der Waals surface area contributed by atoms with Gasteiger partial charge < -0.3 is 0 Å². The maximum atomic E-state index is 12.2. The maximum absolute atomic E-state index is 12.2. The second-order valence-electron chi connectivity index (χ2n) is 5.41. The van der Waals surface area contributed by atoms with Gasteiger partial charge in [-0.1, -0.05) is 6.92 Å². The van der Waals surface area contributed by atoms with Gasteiger partial charge in [-0.05, 0) is 38.1 Å². The fourth-order valence-corrected chi connectivity index (χ4v) is 2.52. The van der Waals surface area contributed by atoms with Crippen LogP contribution in [0, 0.1) is 16.7 Å². The highest BCUT2D eigenvalue weighted by Crippen LogP contribution is 2.40. The van der Waals surface area contributed by atoms with Gasteiger partial charge in [-0.25, -0.2) is 0 Å². The molecule has 0 aromatic carbocycles. The molecule has 0 unspecified atom stereocenters. The highest BCUT2D eigenvalue weighted by atomic mass is 19.4. The first-order valence-corrected chi connectivity index (χ1v) is 5.90. The molecule has 0 amide bonds. The van der Waals surface area contributed by atoms with E-state index in [0.29, 0.717) is 6.42 Å². The lowest BCUT2D eigenvalue weighted by atomic mass is 9.72. The van der Waals surface area contributed by atoms with E-state index in [1.165, 1.54) is 11.9 Å². The average Bonchev–Trinajstić information content (AvgIpc) is 2.15. The SMILES string of the molecule is CN(CC(F)(F)F)[C@H]1CC[C@](C)(CC#N)CC1. The summed E-state index contributed by atoms with van der Waals surface area (Å²) < 4.78 is 36.7. The van der Waals surface area contributed by atoms with E-state index in [4.69, 9.17) is 5.26 Å². The van der Waals surface area contributed by atoms with E-state index in [-0.39, 0.29) is 11.5 Å². The van der Waals surface area contributed by atoms with Crippen LogP contribution in [0.25, 0.3) is 0 Å². The molecule has 1 rings (SSSR count). The number of alkyl halides is 3. The first-order valence-electron chi connectivity index (χ1n) is 5.90. The van der Waals surface area contributed by atoms with E-state index in [0.717, 1.165) is 25.7 Å². The molecule has 2 nitrogen and oxygen atoms in total. The topological polar surface area (TPSA) is 27.0 Å². The molecule has 0 bridgehead atoms. The van der Waals surface area contributed by atoms with Crippen LogP contribution in [0.3, 0.4) is 0 Å². The van der Waals surface area contributed by atoms with Gasteiger partial charge in [0.2, 0.25) is 0 Å². The van der Waals surface area contributed by atoms with Crippen LogP contribution in [-0.4, -0.2) is 30.7 Å². The number of nitrogens with zero attached hydrogens (tertiary/aromatic N) is 2. The van der Waals surface area contributed by atoms with Crippen molar-refractivity contribution in [3.05, 3.63) is 0 Å². The van der Waals surface area contributed by atoms with Crippen LogP contribution in [0.15, 0.2) is 0 Å². The molecule has 5 heteroatoms. The first kappa shape index (κ1) is 14.3. The molecule has 0 heterocycles. The predicted octanol–water partition coefficient (Wildman–Crippen LogP) is 3.34. The summed E-state index contributed by atoms with van der Waals surface area (Å²) in [7, 11) is 1.53. The molecule has 0 saturated heterocycles. The molecule has 1 aliphatic carbocycles. The quantitative estimate of drug-likeness (QED) is 0.766. The van der Waals surface area contributed by atoms with Crippen LogP contribution in [0.5, 0.6) is 0 Å². The van der Waals surface area contributed by atoms with Crippen molar-refractivity contribution < 1.29 is 13.2 Å². The Morgan fingerprint density at radius 1 is 1.35 bits per heavy atom. The number of nitriles is 1. The van der Waals surface area contributed by atoms with Crippen LogP contribution in [0.1, 0.15) is 39.0 Å². The highest BCUT2D eigenvalue weighted by molar-refractivity contribution is 4.91. The van der Waals surface area contributed by atoms with Crippen molar-refractivity contribution >= 4 is 0 Å². The Kier molecular flexibility index (Phi) is 4.42. The minimum atomic E-state index is -4.12. The lowest BCUT2D eigenvalue weighted by molar-refractivity contribution is -0.149. The molecule has 0 radical (unpaired) electrons. The Hall–Kier alpha value is -0.760. The monoisotopic (exact) mass is 248 g/mol. The molecule has 0 aliphatic heterocycles. The molecule has 0 spiro atoms. The van der Waals surface area contributed by atoms with Gasteiger partial charge in [0.25, 0.3) is 0 Å². The van der Waals surface area contributed by atoms with E-state index < -0.39 is 12.7 Å². The molecular formula is C12H19F3N2. The summed E-state index contributed by atoms with van der Waals surface area (Å²) in [6, 6.07) is 2.17. The predicted molar refractivity (Wildman–Crippen MR) is 59.3 cm³/mol. The second kappa shape index (κ2) is 5.26. The smallest absolute Gasteiger partial charge is 0.295 e. The summed E-state index contributed by atoms with van der Waals surface area (Å²) in [6.07, 6.45) is -0.429. The number of rotatable bonds is 3. The molecule has 0 N–H and O–H groups in total. The van der Waals surface area contributed by atoms with Gasteiger partial charge in [-0.2, -0.15) is 18.4 Å². The second-order valence-corrected chi connectivity index (χ2v) is 5.41. The molecule has 1 saturated carbocycles. The summed E-state index contributed by atoms with van der Waals surface area (Å²) in [5.74, 6) is 0. The molecule has 17 heavy (non-hydrogen) atoms. The average molecular weight is 248 g/mol. The lowest BCUT2D eigenvalue weighted by Gasteiger charge is -2.39. The van der Waals surface area contributed by atoms with Crippen molar-refractivity contribution in [2.24, 2.45) is 5.41 Å². The van der Waals surface area contributed by atoms with Gasteiger partial charge in [0.05, 0.1) is 12.6 Å². The van der Waals surface area contributed by atoms with Gasteiger partial charge in [-0.3, -0.25) is 4.90 Å². The summed E-state index contributed by atoms with van der Waals surface area (Å²) in [6.45, 7) is 1.21. The van der Waals surface area contributed by atoms with Crippen molar-refractivity contribution in [1.82, 2.24) is 4.90 Å². The van der Waals surface area contributed by atoms with E-state index in [9.17, 15) is 13.2 Å². The summed E-state index contributed by atoms with van der Waals surface area (Å²) in [4.78, 5) is 1.39. The minimum absolute atomic E-state index is 0.00314. The molecule has 98 valence electrons. The van der Waals surface area contributed by atoms with E-state index in [2.05, 4.69) is 13.0 Å². The summed E-state index contributed by atoms with van der Waals surface area (Å²) in [5.41, 5.74) is 0.00429. The largest absolute Gasteiger partial charge is 0.401 e. The van der Waals surface area contributed by atoms with Crippen molar-refractivity contribution in [1.29, 1.82) is 5.26 Å². The van der Waals surface area contributed by atoms with E-state index >= 15 is 0 Å². The summed E-state index contributed by atoms with van der Waals surface area (Å²) in [5, 5.41) is 8.70. The third-order valence-electron chi connectivity index (χ3n) is 3.72. The Balaban J connectivity index is 2.44.